The van der Waals surface area contributed by atoms with E-state index in [4.69, 9.17) is 46.4 Å². The molecule has 0 fully saturated rings. The molecule has 0 bridgehead atoms. The van der Waals surface area contributed by atoms with Crippen molar-refractivity contribution >= 4 is 64.1 Å². The van der Waals surface area contributed by atoms with Gasteiger partial charge in [0.2, 0.25) is 0 Å². The molecule has 3 aromatic rings. The molecular weight excluding hydrogens is 464 g/mol. The maximum Gasteiger partial charge on any atom is 0.266 e. The maximum absolute atomic E-state index is 12.6. The monoisotopic (exact) mass is 477 g/mol. The van der Waals surface area contributed by atoms with Crippen molar-refractivity contribution < 1.29 is 4.79 Å². The van der Waals surface area contributed by atoms with Gasteiger partial charge >= 0.3 is 0 Å². The Morgan fingerprint density at radius 1 is 1.00 bits per heavy atom. The summed E-state index contributed by atoms with van der Waals surface area (Å²) < 4.78 is 1.97. The Labute approximate surface area is 194 Å². The van der Waals surface area contributed by atoms with E-state index in [9.17, 15) is 10.1 Å². The summed E-state index contributed by atoms with van der Waals surface area (Å²) in [7, 11) is 0. The van der Waals surface area contributed by atoms with Crippen LogP contribution in [0.3, 0.4) is 0 Å². The van der Waals surface area contributed by atoms with E-state index in [1.165, 1.54) is 12.1 Å². The van der Waals surface area contributed by atoms with Crippen LogP contribution in [0.25, 0.3) is 11.8 Å². The molecule has 0 atom stereocenters. The van der Waals surface area contributed by atoms with Gasteiger partial charge in [-0.15, -0.1) is 0 Å². The van der Waals surface area contributed by atoms with Crippen LogP contribution in [0, 0.1) is 25.2 Å². The molecule has 3 rings (SSSR count). The average molecular weight is 479 g/mol. The minimum atomic E-state index is -0.582. The van der Waals surface area contributed by atoms with Gasteiger partial charge < -0.3 is 9.88 Å². The van der Waals surface area contributed by atoms with Gasteiger partial charge in [0.05, 0.1) is 20.8 Å². The summed E-state index contributed by atoms with van der Waals surface area (Å²) in [6, 6.07) is 13.9. The van der Waals surface area contributed by atoms with Crippen LogP contribution in [0.4, 0.5) is 5.69 Å². The summed E-state index contributed by atoms with van der Waals surface area (Å²) in [5.41, 5.74) is 3.56. The van der Waals surface area contributed by atoms with E-state index < -0.39 is 5.91 Å². The number of amides is 1. The quantitative estimate of drug-likeness (QED) is 0.317. The third-order valence-corrected chi connectivity index (χ3v) is 5.78. The fourth-order valence-electron chi connectivity index (χ4n) is 3.04. The predicted molar refractivity (Wildman–Crippen MR) is 124 cm³/mol. The SMILES string of the molecule is Cc1cc(/C=C(\C#N)C(=O)Nc2cc(Cl)ccc2Cl)c(C)n1-c1ccc(Cl)c(Cl)c1. The first-order valence-electron chi connectivity index (χ1n) is 8.74. The number of hydrogen-bond donors (Lipinski definition) is 1. The molecule has 0 aliphatic heterocycles. The van der Waals surface area contributed by atoms with Crippen LogP contribution in [0.15, 0.2) is 48.0 Å². The molecule has 152 valence electrons. The molecule has 4 nitrogen and oxygen atoms in total. The van der Waals surface area contributed by atoms with Gasteiger partial charge in [0.25, 0.3) is 5.91 Å². The smallest absolute Gasteiger partial charge is 0.266 e. The van der Waals surface area contributed by atoms with Crippen LogP contribution in [-0.2, 0) is 4.79 Å². The van der Waals surface area contributed by atoms with E-state index in [1.54, 1.807) is 24.3 Å². The van der Waals surface area contributed by atoms with Crippen molar-refractivity contribution in [3.63, 3.8) is 0 Å². The van der Waals surface area contributed by atoms with Gasteiger partial charge in [-0.1, -0.05) is 46.4 Å². The zero-order valence-corrected chi connectivity index (χ0v) is 19.0. The first kappa shape index (κ1) is 22.3. The normalized spacial score (nSPS) is 11.3. The number of aryl methyl sites for hydroxylation is 1. The van der Waals surface area contributed by atoms with Gasteiger partial charge in [0.1, 0.15) is 11.6 Å². The van der Waals surface area contributed by atoms with Gasteiger partial charge in [0.15, 0.2) is 0 Å². The number of nitrogens with zero attached hydrogens (tertiary/aromatic N) is 2. The Balaban J connectivity index is 1.96. The number of halogens is 4. The van der Waals surface area contributed by atoms with Crippen molar-refractivity contribution in [1.29, 1.82) is 5.26 Å². The number of rotatable bonds is 4. The Morgan fingerprint density at radius 3 is 2.37 bits per heavy atom. The highest BCUT2D eigenvalue weighted by Crippen LogP contribution is 2.29. The first-order chi connectivity index (χ1) is 14.2. The molecule has 0 radical (unpaired) electrons. The maximum atomic E-state index is 12.6. The fraction of sp³-hybridized carbons (Fsp3) is 0.0909. The van der Waals surface area contributed by atoms with Gasteiger partial charge in [-0.2, -0.15) is 5.26 Å². The number of carbonyl (C=O) groups is 1. The Bertz CT molecular complexity index is 1220. The summed E-state index contributed by atoms with van der Waals surface area (Å²) in [5.74, 6) is -0.582. The summed E-state index contributed by atoms with van der Waals surface area (Å²) in [6.07, 6.45) is 1.53. The van der Waals surface area contributed by atoms with Crippen molar-refractivity contribution in [2.24, 2.45) is 0 Å². The molecule has 1 amide bonds. The average Bonchev–Trinajstić information content (AvgIpc) is 2.98. The van der Waals surface area contributed by atoms with Crippen LogP contribution in [-0.4, -0.2) is 10.5 Å². The van der Waals surface area contributed by atoms with Crippen molar-refractivity contribution in [2.75, 3.05) is 5.32 Å². The molecule has 1 N–H and O–H groups in total. The van der Waals surface area contributed by atoms with Crippen molar-refractivity contribution in [3.05, 3.63) is 85.1 Å². The standard InChI is InChI=1S/C22H15Cl4N3O/c1-12-7-14(13(2)29(12)17-4-6-18(24)20(26)10-17)8-15(11-27)22(30)28-21-9-16(23)3-5-19(21)25/h3-10H,1-2H3,(H,28,30)/b15-8+. The molecule has 0 spiro atoms. The Morgan fingerprint density at radius 2 is 1.70 bits per heavy atom. The highest BCUT2D eigenvalue weighted by molar-refractivity contribution is 6.42. The summed E-state index contributed by atoms with van der Waals surface area (Å²) in [5, 5.41) is 13.8. The van der Waals surface area contributed by atoms with Crippen LogP contribution in [0.1, 0.15) is 17.0 Å². The number of carbonyl (C=O) groups excluding carboxylic acids is 1. The number of nitrogens with one attached hydrogen (secondary N) is 1. The lowest BCUT2D eigenvalue weighted by Gasteiger charge is -2.11. The van der Waals surface area contributed by atoms with Gasteiger partial charge in [-0.05, 0) is 68.0 Å². The second-order valence-corrected chi connectivity index (χ2v) is 8.17. The first-order valence-corrected chi connectivity index (χ1v) is 10.2. The molecule has 1 aromatic heterocycles. The third kappa shape index (κ3) is 4.66. The zero-order chi connectivity index (χ0) is 22.0. The molecule has 2 aromatic carbocycles. The van der Waals surface area contributed by atoms with E-state index in [2.05, 4.69) is 5.32 Å². The molecule has 0 aliphatic rings. The Kier molecular flexibility index (Phi) is 6.80. The van der Waals surface area contributed by atoms with Crippen molar-refractivity contribution in [1.82, 2.24) is 4.57 Å². The highest BCUT2D eigenvalue weighted by Gasteiger charge is 2.15. The lowest BCUT2D eigenvalue weighted by molar-refractivity contribution is -0.112. The number of benzene rings is 2. The topological polar surface area (TPSA) is 57.8 Å². The number of aromatic nitrogens is 1. The molecule has 1 heterocycles. The summed E-state index contributed by atoms with van der Waals surface area (Å²) in [4.78, 5) is 12.6. The number of anilines is 1. The second-order valence-electron chi connectivity index (χ2n) is 6.51. The molecule has 0 unspecified atom stereocenters. The molecular formula is C22H15Cl4N3O. The molecule has 0 saturated heterocycles. The van der Waals surface area contributed by atoms with E-state index >= 15 is 0 Å². The van der Waals surface area contributed by atoms with E-state index in [1.807, 2.05) is 36.6 Å². The minimum absolute atomic E-state index is 0.0690. The van der Waals surface area contributed by atoms with Crippen molar-refractivity contribution in [3.8, 4) is 11.8 Å². The predicted octanol–water partition coefficient (Wildman–Crippen LogP) is 7.25. The van der Waals surface area contributed by atoms with E-state index in [0.717, 1.165) is 22.6 Å². The third-order valence-electron chi connectivity index (χ3n) is 4.47. The van der Waals surface area contributed by atoms with Crippen molar-refractivity contribution in [2.45, 2.75) is 13.8 Å². The molecule has 30 heavy (non-hydrogen) atoms. The highest BCUT2D eigenvalue weighted by atomic mass is 35.5. The van der Waals surface area contributed by atoms with Crippen LogP contribution < -0.4 is 5.32 Å². The van der Waals surface area contributed by atoms with Gasteiger partial charge in [0, 0.05) is 22.1 Å². The lowest BCUT2D eigenvalue weighted by atomic mass is 10.1. The lowest BCUT2D eigenvalue weighted by Crippen LogP contribution is -2.13. The van der Waals surface area contributed by atoms with Gasteiger partial charge in [-0.3, -0.25) is 4.79 Å². The summed E-state index contributed by atoms with van der Waals surface area (Å²) in [6.45, 7) is 3.81. The Hall–Kier alpha value is -2.42. The number of nitriles is 1. The molecule has 0 saturated carbocycles. The minimum Gasteiger partial charge on any atom is -0.320 e. The van der Waals surface area contributed by atoms with Crippen LogP contribution in [0.5, 0.6) is 0 Å². The number of hydrogen-bond acceptors (Lipinski definition) is 2. The molecule has 0 aliphatic carbocycles. The van der Waals surface area contributed by atoms with Crippen LogP contribution in [0.2, 0.25) is 20.1 Å². The van der Waals surface area contributed by atoms with E-state index in [0.29, 0.717) is 25.8 Å². The zero-order valence-electron chi connectivity index (χ0n) is 15.9. The fourth-order valence-corrected chi connectivity index (χ4v) is 3.67. The largest absolute Gasteiger partial charge is 0.320 e. The summed E-state index contributed by atoms with van der Waals surface area (Å²) >= 11 is 24.2. The van der Waals surface area contributed by atoms with Crippen LogP contribution >= 0.6 is 46.4 Å². The van der Waals surface area contributed by atoms with E-state index in [-0.39, 0.29) is 5.57 Å². The van der Waals surface area contributed by atoms with Gasteiger partial charge in [-0.25, -0.2) is 0 Å². The second kappa shape index (κ2) is 9.16. The molecule has 8 heteroatoms.